The highest BCUT2D eigenvalue weighted by atomic mass is 31.2. The molecule has 23 heteroatoms. The molecule has 0 saturated carbocycles. The maximum absolute atomic E-state index is 14.3. The summed E-state index contributed by atoms with van der Waals surface area (Å²) in [5.41, 5.74) is 5.20. The number of nitrogens with zero attached hydrogens (tertiary/aromatic N) is 10. The monoisotopic (exact) mass is 1100 g/mol. The van der Waals surface area contributed by atoms with Crippen LogP contribution >= 0.6 is 7.82 Å². The molecule has 22 nitrogen and oxygen atoms in total. The number of hydrogen-bond acceptors (Lipinski definition) is 16. The lowest BCUT2D eigenvalue weighted by molar-refractivity contribution is -0.161. The van der Waals surface area contributed by atoms with Crippen LogP contribution in [0.1, 0.15) is 119 Å². The number of aromatic nitrogens is 4. The lowest BCUT2D eigenvalue weighted by Gasteiger charge is -2.46. The molecule has 6 aliphatic rings. The van der Waals surface area contributed by atoms with Crippen molar-refractivity contribution in [2.75, 3.05) is 66.3 Å². The summed E-state index contributed by atoms with van der Waals surface area (Å²) in [7, 11) is -7.90. The van der Waals surface area contributed by atoms with Crippen LogP contribution in [0.4, 0.5) is 28.7 Å². The van der Waals surface area contributed by atoms with Crippen molar-refractivity contribution >= 4 is 66.1 Å². The molecule has 4 N–H and O–H groups in total. The molecular weight excluding hydrogens is 1030 g/mol. The standard InChI is InChI=1S/C56H66N11O11P/c1-32-31-62(36-15-18-61(19-16-36)37-8-10-40-41(26-37)52(70)67(51(40)69)43-11-13-47(68)66(54(43)72)33(2)78-79(74,75)76)20-21-63(32)38-9-12-46(58-30-38)60-42-24-35(29-59-50(42)77-7)39-14-17-57-49(48(39)56(5,6)73)65-23-22-64-44(53(65)71)25-34-27-55(3,4)28-45(34)64/h8-10,12,14,17,24-26,29-30,32-33,36,43,73H,11,13,15-16,18-23,27-28,31H2,1-7H3,(H,58,60)(H2,74,75,76)/t32-,33?,43?/m0/s1/i7D3. The van der Waals surface area contributed by atoms with Gasteiger partial charge in [-0.15, -0.1) is 0 Å². The van der Waals surface area contributed by atoms with Crippen molar-refractivity contribution in [2.45, 2.75) is 117 Å². The number of carbonyl (C=O) groups excluding carboxylic acids is 5. The highest BCUT2D eigenvalue weighted by molar-refractivity contribution is 7.46. The van der Waals surface area contributed by atoms with Crippen molar-refractivity contribution in [3.63, 3.8) is 0 Å². The van der Waals surface area contributed by atoms with Gasteiger partial charge in [-0.25, -0.2) is 19.5 Å². The molecule has 0 radical (unpaired) electrons. The molecule has 0 spiro atoms. The van der Waals surface area contributed by atoms with Crippen molar-refractivity contribution < 1.29 is 56.8 Å². The summed E-state index contributed by atoms with van der Waals surface area (Å²) in [5, 5.41) is 15.0. The highest BCUT2D eigenvalue weighted by Gasteiger charge is 2.49. The number of hydrogen-bond donors (Lipinski definition) is 4. The third-order valence-electron chi connectivity index (χ3n) is 16.3. The smallest absolute Gasteiger partial charge is 0.471 e. The molecule has 1 aliphatic carbocycles. The number of rotatable bonds is 13. The lowest BCUT2D eigenvalue weighted by Crippen LogP contribution is -2.58. The number of nitrogens with one attached hydrogen (secondary N) is 1. The van der Waals surface area contributed by atoms with Crippen molar-refractivity contribution in [2.24, 2.45) is 5.41 Å². The highest BCUT2D eigenvalue weighted by Crippen LogP contribution is 2.44. The molecule has 3 fully saturated rings. The summed E-state index contributed by atoms with van der Waals surface area (Å²) in [4.78, 5) is 110. The third kappa shape index (κ3) is 10.1. The van der Waals surface area contributed by atoms with Gasteiger partial charge in [-0.05, 0) is 125 Å². The number of imide groups is 2. The van der Waals surface area contributed by atoms with Crippen LogP contribution in [-0.2, 0) is 43.7 Å². The largest absolute Gasteiger partial charge is 0.480 e. The SMILES string of the molecule is [2H]C([2H])([2H])Oc1ncc(-c2ccnc(N3CCn4c(cc5c4CC(C)(C)C5)C3=O)c2C(C)(C)O)cc1Nc1ccc(N2CCN(C3CCN(c4ccc5c(c4)C(=O)N(C4CCC(=O)N(C(C)OP(=O)(O)O)C4=O)C5=O)CC3)C[C@@H]2C)cn1. The Morgan fingerprint density at radius 1 is 0.848 bits per heavy atom. The van der Waals surface area contributed by atoms with Gasteiger partial charge in [0.25, 0.3) is 23.6 Å². The summed E-state index contributed by atoms with van der Waals surface area (Å²) < 4.78 is 47.3. The lowest BCUT2D eigenvalue weighted by atomic mass is 9.89. The first-order chi connectivity index (χ1) is 38.6. The van der Waals surface area contributed by atoms with Gasteiger partial charge in [-0.2, -0.15) is 0 Å². The number of amides is 5. The average molecular weight is 1100 g/mol. The third-order valence-corrected chi connectivity index (χ3v) is 16.9. The topological polar surface area (TPSA) is 257 Å². The van der Waals surface area contributed by atoms with Crippen molar-refractivity contribution in [3.8, 4) is 17.0 Å². The zero-order valence-corrected chi connectivity index (χ0v) is 45.8. The van der Waals surface area contributed by atoms with Gasteiger partial charge in [-0.1, -0.05) is 13.8 Å². The fourth-order valence-electron chi connectivity index (χ4n) is 12.7. The number of ether oxygens (including phenoxy) is 1. The van der Waals surface area contributed by atoms with Gasteiger partial charge in [0, 0.05) is 99.2 Å². The van der Waals surface area contributed by atoms with Gasteiger partial charge < -0.3 is 39.3 Å². The number of benzene rings is 1. The van der Waals surface area contributed by atoms with Crippen LogP contribution in [0.2, 0.25) is 0 Å². The first-order valence-corrected chi connectivity index (χ1v) is 28.2. The van der Waals surface area contributed by atoms with Crippen molar-refractivity contribution in [3.05, 3.63) is 101 Å². The number of aliphatic hydroxyl groups is 1. The predicted molar refractivity (Wildman–Crippen MR) is 292 cm³/mol. The van der Waals surface area contributed by atoms with Gasteiger partial charge in [0.1, 0.15) is 35.3 Å². The van der Waals surface area contributed by atoms with E-state index in [2.05, 4.69) is 59.8 Å². The molecule has 5 amide bonds. The second-order valence-corrected chi connectivity index (χ2v) is 24.0. The van der Waals surface area contributed by atoms with Crippen LogP contribution in [0, 0.1) is 5.41 Å². The predicted octanol–water partition coefficient (Wildman–Crippen LogP) is 5.85. The van der Waals surface area contributed by atoms with E-state index in [0.29, 0.717) is 71.1 Å². The molecule has 2 unspecified atom stereocenters. The maximum atomic E-state index is 14.3. The second kappa shape index (κ2) is 20.2. The van der Waals surface area contributed by atoms with E-state index in [9.17, 15) is 43.4 Å². The van der Waals surface area contributed by atoms with E-state index in [-0.39, 0.29) is 52.9 Å². The molecule has 5 aromatic rings. The van der Waals surface area contributed by atoms with Gasteiger partial charge >= 0.3 is 7.82 Å². The van der Waals surface area contributed by atoms with Crippen LogP contribution in [0.25, 0.3) is 11.1 Å². The molecule has 0 bridgehead atoms. The quantitative estimate of drug-likeness (QED) is 0.0796. The number of pyridine rings is 3. The Balaban J connectivity index is 0.735. The average Bonchev–Trinajstić information content (AvgIpc) is 2.56. The van der Waals surface area contributed by atoms with E-state index in [1.807, 2.05) is 12.1 Å². The van der Waals surface area contributed by atoms with E-state index < -0.39 is 56.4 Å². The number of piperidine rings is 2. The van der Waals surface area contributed by atoms with Crippen LogP contribution in [0.5, 0.6) is 5.88 Å². The Morgan fingerprint density at radius 2 is 1.61 bits per heavy atom. The fourth-order valence-corrected chi connectivity index (χ4v) is 13.2. The number of likely N-dealkylation sites (tertiary alicyclic amines) is 1. The number of phosphoric ester groups is 1. The summed E-state index contributed by atoms with van der Waals surface area (Å²) >= 11 is 0. The Hall–Kier alpha value is -7.07. The molecule has 3 atom stereocenters. The molecule has 416 valence electrons. The summed E-state index contributed by atoms with van der Waals surface area (Å²) in [6, 6.07) is 13.2. The number of fused-ring (bicyclic) bond motifs is 4. The van der Waals surface area contributed by atoms with Crippen LogP contribution < -0.4 is 24.8 Å². The molecule has 9 heterocycles. The minimum Gasteiger partial charge on any atom is -0.480 e. The first-order valence-electron chi connectivity index (χ1n) is 28.2. The van der Waals surface area contributed by atoms with Gasteiger partial charge in [0.15, 0.2) is 0 Å². The van der Waals surface area contributed by atoms with E-state index in [0.717, 1.165) is 68.5 Å². The van der Waals surface area contributed by atoms with E-state index in [1.165, 1.54) is 17.5 Å². The number of piperazine rings is 1. The van der Waals surface area contributed by atoms with Crippen molar-refractivity contribution in [1.29, 1.82) is 0 Å². The van der Waals surface area contributed by atoms with Gasteiger partial charge in [-0.3, -0.25) is 48.1 Å². The minimum atomic E-state index is -5.08. The first kappa shape index (κ1) is 50.2. The minimum absolute atomic E-state index is 0.118. The Morgan fingerprint density at radius 3 is 2.32 bits per heavy atom. The number of methoxy groups -OCH3 is 1. The molecule has 5 aliphatic heterocycles. The van der Waals surface area contributed by atoms with Crippen LogP contribution in [-0.4, -0.2) is 149 Å². The number of phosphoric acid groups is 1. The molecule has 79 heavy (non-hydrogen) atoms. The molecule has 11 rings (SSSR count). The Bertz CT molecular complexity index is 3470. The molecule has 3 saturated heterocycles. The number of anilines is 5. The van der Waals surface area contributed by atoms with E-state index in [1.54, 1.807) is 67.5 Å². The fraction of sp³-hybridized carbons (Fsp3) is 0.464. The number of carbonyl (C=O) groups is 5. The van der Waals surface area contributed by atoms with Crippen LogP contribution in [0.15, 0.2) is 67.1 Å². The molecular formula is C56H66N11O11P. The molecule has 4 aromatic heterocycles. The normalized spacial score (nSPS) is 22.2. The summed E-state index contributed by atoms with van der Waals surface area (Å²) in [6.45, 7) is 15.7. The maximum Gasteiger partial charge on any atom is 0.471 e. The Kier molecular flexibility index (Phi) is 12.8. The zero-order chi connectivity index (χ0) is 58.5. The van der Waals surface area contributed by atoms with E-state index in [4.69, 9.17) is 13.8 Å². The van der Waals surface area contributed by atoms with Crippen molar-refractivity contribution in [1.82, 2.24) is 34.2 Å². The molecule has 1 aromatic carbocycles. The van der Waals surface area contributed by atoms with Crippen LogP contribution in [0.3, 0.4) is 0 Å². The summed E-state index contributed by atoms with van der Waals surface area (Å²) in [5.74, 6) is -2.74. The van der Waals surface area contributed by atoms with E-state index >= 15 is 0 Å². The van der Waals surface area contributed by atoms with Gasteiger partial charge in [0.05, 0.1) is 39.8 Å². The Labute approximate surface area is 461 Å². The second-order valence-electron chi connectivity index (χ2n) is 22.8. The summed E-state index contributed by atoms with van der Waals surface area (Å²) in [6.07, 6.45) is 6.29. The van der Waals surface area contributed by atoms with Gasteiger partial charge in [0.2, 0.25) is 11.8 Å². The zero-order valence-electron chi connectivity index (χ0n) is 47.9.